The number of thiazole rings is 1. The van der Waals surface area contributed by atoms with Crippen molar-refractivity contribution in [1.82, 2.24) is 4.98 Å². The predicted molar refractivity (Wildman–Crippen MR) is 81.5 cm³/mol. The van der Waals surface area contributed by atoms with Gasteiger partial charge in [0.05, 0.1) is 18.7 Å². The number of anilines is 2. The summed E-state index contributed by atoms with van der Waals surface area (Å²) in [6, 6.07) is 5.48. The molecule has 0 atom stereocenters. The molecule has 0 aliphatic rings. The summed E-state index contributed by atoms with van der Waals surface area (Å²) in [6.07, 6.45) is -0.530. The van der Waals surface area contributed by atoms with Gasteiger partial charge >= 0.3 is 6.09 Å². The molecule has 1 heterocycles. The first kappa shape index (κ1) is 15.9. The fourth-order valence-electron chi connectivity index (χ4n) is 1.60. The van der Waals surface area contributed by atoms with Crippen LogP contribution in [0.1, 0.15) is 12.6 Å². The molecule has 1 aromatic heterocycles. The highest BCUT2D eigenvalue weighted by molar-refractivity contribution is 7.13. The first-order chi connectivity index (χ1) is 10.6. The minimum atomic E-state index is -0.584. The van der Waals surface area contributed by atoms with Crippen LogP contribution in [0.4, 0.5) is 20.0 Å². The van der Waals surface area contributed by atoms with E-state index in [1.807, 2.05) is 0 Å². The molecule has 0 unspecified atom stereocenters. The van der Waals surface area contributed by atoms with Crippen molar-refractivity contribution in [3.63, 3.8) is 0 Å². The highest BCUT2D eigenvalue weighted by atomic mass is 32.1. The van der Waals surface area contributed by atoms with Crippen LogP contribution in [0.3, 0.4) is 0 Å². The lowest BCUT2D eigenvalue weighted by Gasteiger charge is -2.03. The highest BCUT2D eigenvalue weighted by Gasteiger charge is 2.10. The normalized spacial score (nSPS) is 10.1. The summed E-state index contributed by atoms with van der Waals surface area (Å²) in [6.45, 7) is 1.97. The quantitative estimate of drug-likeness (QED) is 0.886. The molecule has 0 spiro atoms. The van der Waals surface area contributed by atoms with E-state index in [1.165, 1.54) is 35.6 Å². The fraction of sp³-hybridized carbons (Fsp3) is 0.214. The molecule has 0 bridgehead atoms. The lowest BCUT2D eigenvalue weighted by Crippen LogP contribution is -2.15. The third-order valence-corrected chi connectivity index (χ3v) is 3.31. The molecule has 0 radical (unpaired) electrons. The number of benzene rings is 1. The van der Waals surface area contributed by atoms with Crippen LogP contribution in [-0.4, -0.2) is 23.6 Å². The monoisotopic (exact) mass is 323 g/mol. The van der Waals surface area contributed by atoms with Crippen molar-refractivity contribution in [2.24, 2.45) is 0 Å². The number of carbonyl (C=O) groups is 2. The number of rotatable bonds is 5. The summed E-state index contributed by atoms with van der Waals surface area (Å²) < 4.78 is 17.5. The number of ether oxygens (including phenoxy) is 1. The van der Waals surface area contributed by atoms with Gasteiger partial charge in [0.1, 0.15) is 5.82 Å². The predicted octanol–water partition coefficient (Wildman–Crippen LogP) is 3.03. The number of carbonyl (C=O) groups excluding carboxylic acids is 2. The number of nitrogens with one attached hydrogen (secondary N) is 2. The molecule has 0 aliphatic carbocycles. The number of nitrogens with zero attached hydrogens (tertiary/aromatic N) is 1. The van der Waals surface area contributed by atoms with Crippen molar-refractivity contribution in [2.45, 2.75) is 13.3 Å². The summed E-state index contributed by atoms with van der Waals surface area (Å²) in [5.74, 6) is -0.647. The van der Waals surface area contributed by atoms with Gasteiger partial charge in [0.2, 0.25) is 5.91 Å². The van der Waals surface area contributed by atoms with E-state index in [2.05, 4.69) is 15.6 Å². The summed E-state index contributed by atoms with van der Waals surface area (Å²) >= 11 is 1.20. The van der Waals surface area contributed by atoms with Gasteiger partial charge in [-0.25, -0.2) is 14.2 Å². The molecule has 1 aromatic carbocycles. The maximum atomic E-state index is 12.8. The standard InChI is InChI=1S/C14H14FN3O3S/c1-2-21-14(20)18-13-17-11(8-22-13)7-12(19)16-10-5-3-9(15)4-6-10/h3-6,8H,2,7H2,1H3,(H,16,19)(H,17,18,20). The van der Waals surface area contributed by atoms with Crippen LogP contribution in [0.15, 0.2) is 29.6 Å². The molecule has 0 saturated heterocycles. The zero-order chi connectivity index (χ0) is 15.9. The maximum Gasteiger partial charge on any atom is 0.413 e. The van der Waals surface area contributed by atoms with E-state index in [9.17, 15) is 14.0 Å². The Kier molecular flexibility index (Phi) is 5.42. The lowest BCUT2D eigenvalue weighted by molar-refractivity contribution is -0.115. The molecule has 2 rings (SSSR count). The Morgan fingerprint density at radius 3 is 2.68 bits per heavy atom. The molecule has 0 aliphatic heterocycles. The average Bonchev–Trinajstić information content (AvgIpc) is 2.88. The van der Waals surface area contributed by atoms with Gasteiger partial charge in [0, 0.05) is 11.1 Å². The van der Waals surface area contributed by atoms with Crippen LogP contribution in [0.25, 0.3) is 0 Å². The average molecular weight is 323 g/mol. The van der Waals surface area contributed by atoms with Gasteiger partial charge in [0.15, 0.2) is 5.13 Å². The van der Waals surface area contributed by atoms with Crippen LogP contribution < -0.4 is 10.6 Å². The minimum Gasteiger partial charge on any atom is -0.450 e. The fourth-order valence-corrected chi connectivity index (χ4v) is 2.30. The summed E-state index contributed by atoms with van der Waals surface area (Å²) in [7, 11) is 0. The molecule has 116 valence electrons. The molecule has 8 heteroatoms. The summed E-state index contributed by atoms with van der Waals surface area (Å²) in [5.41, 5.74) is 1.03. The van der Waals surface area contributed by atoms with Crippen LogP contribution >= 0.6 is 11.3 Å². The smallest absolute Gasteiger partial charge is 0.413 e. The molecule has 6 nitrogen and oxygen atoms in total. The largest absolute Gasteiger partial charge is 0.450 e. The Morgan fingerprint density at radius 2 is 2.00 bits per heavy atom. The zero-order valence-electron chi connectivity index (χ0n) is 11.8. The molecular weight excluding hydrogens is 309 g/mol. The maximum absolute atomic E-state index is 12.8. The van der Waals surface area contributed by atoms with E-state index in [4.69, 9.17) is 4.74 Å². The number of hydrogen-bond acceptors (Lipinski definition) is 5. The summed E-state index contributed by atoms with van der Waals surface area (Å²) in [5, 5.41) is 7.14. The van der Waals surface area contributed by atoms with Crippen LogP contribution in [0.5, 0.6) is 0 Å². The SMILES string of the molecule is CCOC(=O)Nc1nc(CC(=O)Nc2ccc(F)cc2)cs1. The van der Waals surface area contributed by atoms with Crippen LogP contribution in [0, 0.1) is 5.82 Å². The topological polar surface area (TPSA) is 80.3 Å². The number of amides is 2. The molecule has 2 aromatic rings. The van der Waals surface area contributed by atoms with Gasteiger partial charge in [-0.1, -0.05) is 0 Å². The Bertz CT molecular complexity index is 658. The van der Waals surface area contributed by atoms with Crippen molar-refractivity contribution in [1.29, 1.82) is 0 Å². The van der Waals surface area contributed by atoms with Gasteiger partial charge in [-0.2, -0.15) is 0 Å². The van der Waals surface area contributed by atoms with Crippen molar-refractivity contribution >= 4 is 34.2 Å². The Balaban J connectivity index is 1.88. The minimum absolute atomic E-state index is 0.0540. The van der Waals surface area contributed by atoms with E-state index in [1.54, 1.807) is 12.3 Å². The van der Waals surface area contributed by atoms with Gasteiger partial charge < -0.3 is 10.1 Å². The number of aromatic nitrogens is 1. The molecule has 0 fully saturated rings. The lowest BCUT2D eigenvalue weighted by atomic mass is 10.3. The second kappa shape index (κ2) is 7.51. The molecular formula is C14H14FN3O3S. The first-order valence-electron chi connectivity index (χ1n) is 6.50. The second-order valence-corrected chi connectivity index (χ2v) is 5.08. The highest BCUT2D eigenvalue weighted by Crippen LogP contribution is 2.16. The van der Waals surface area contributed by atoms with E-state index in [0.717, 1.165) is 0 Å². The second-order valence-electron chi connectivity index (χ2n) is 4.22. The molecule has 0 saturated carbocycles. The molecule has 22 heavy (non-hydrogen) atoms. The Labute approximate surface area is 130 Å². The van der Waals surface area contributed by atoms with Gasteiger partial charge in [-0.3, -0.25) is 10.1 Å². The van der Waals surface area contributed by atoms with E-state index >= 15 is 0 Å². The van der Waals surface area contributed by atoms with Crippen molar-refractivity contribution in [3.05, 3.63) is 41.2 Å². The summed E-state index contributed by atoms with van der Waals surface area (Å²) in [4.78, 5) is 27.2. The number of halogens is 1. The van der Waals surface area contributed by atoms with E-state index in [0.29, 0.717) is 16.5 Å². The molecule has 2 amide bonds. The van der Waals surface area contributed by atoms with E-state index in [-0.39, 0.29) is 24.8 Å². The Hall–Kier alpha value is -2.48. The van der Waals surface area contributed by atoms with Crippen LogP contribution in [0.2, 0.25) is 0 Å². The van der Waals surface area contributed by atoms with Gasteiger partial charge in [0.25, 0.3) is 0 Å². The zero-order valence-corrected chi connectivity index (χ0v) is 12.6. The van der Waals surface area contributed by atoms with Crippen LogP contribution in [-0.2, 0) is 16.0 Å². The van der Waals surface area contributed by atoms with Crippen molar-refractivity contribution in [3.8, 4) is 0 Å². The first-order valence-corrected chi connectivity index (χ1v) is 7.38. The van der Waals surface area contributed by atoms with E-state index < -0.39 is 6.09 Å². The molecule has 2 N–H and O–H groups in total. The third-order valence-electron chi connectivity index (χ3n) is 2.51. The number of hydrogen-bond donors (Lipinski definition) is 2. The Morgan fingerprint density at radius 1 is 1.27 bits per heavy atom. The van der Waals surface area contributed by atoms with Crippen molar-refractivity contribution in [2.75, 3.05) is 17.2 Å². The van der Waals surface area contributed by atoms with Gasteiger partial charge in [-0.05, 0) is 31.2 Å². The third kappa shape index (κ3) is 4.81. The van der Waals surface area contributed by atoms with Gasteiger partial charge in [-0.15, -0.1) is 11.3 Å². The van der Waals surface area contributed by atoms with Crippen molar-refractivity contribution < 1.29 is 18.7 Å².